The third kappa shape index (κ3) is 3.84. The zero-order chi connectivity index (χ0) is 22.0. The Bertz CT molecular complexity index is 1130. The largest absolute Gasteiger partial charge is 0.404 e. The van der Waals surface area contributed by atoms with E-state index in [9.17, 15) is 10.1 Å². The number of aryl methyl sites for hydroxylation is 1. The summed E-state index contributed by atoms with van der Waals surface area (Å²) in [5.41, 5.74) is 12.7. The average Bonchev–Trinajstić information content (AvgIpc) is 2.92. The lowest BCUT2D eigenvalue weighted by Gasteiger charge is -2.34. The van der Waals surface area contributed by atoms with Gasteiger partial charge in [0.2, 0.25) is 5.91 Å². The Kier molecular flexibility index (Phi) is 5.63. The van der Waals surface area contributed by atoms with Crippen molar-refractivity contribution in [2.45, 2.75) is 32.2 Å². The van der Waals surface area contributed by atoms with Crippen LogP contribution in [0.3, 0.4) is 0 Å². The lowest BCUT2D eigenvalue weighted by Crippen LogP contribution is -2.26. The van der Waals surface area contributed by atoms with Crippen LogP contribution < -0.4 is 21.3 Å². The number of anilines is 4. The summed E-state index contributed by atoms with van der Waals surface area (Å²) < 4.78 is 0. The number of fused-ring (bicyclic) bond motifs is 2. The second-order valence-electron chi connectivity index (χ2n) is 7.90. The molecule has 0 fully saturated rings. The summed E-state index contributed by atoms with van der Waals surface area (Å²) in [7, 11) is 1.68. The number of carbonyl (C=O) groups excluding carboxylic acids is 1. The van der Waals surface area contributed by atoms with E-state index in [4.69, 9.17) is 5.73 Å². The third-order valence-electron chi connectivity index (χ3n) is 5.71. The standard InChI is InChI=1S/C24H26N6O/c1-15-9-23(31)29-20-6-3-7-21(24(20)28-15)30-8-4-5-16-10-19(18(13-26)14-27-2)17(12-25)11-22(16)30/h3,6-7,10-11,13-15,28H,4-5,8-9,26H2,1-2H3,(H,29,31)/t15-/m1/s1. The van der Waals surface area contributed by atoms with Crippen molar-refractivity contribution < 1.29 is 4.79 Å². The summed E-state index contributed by atoms with van der Waals surface area (Å²) in [6, 6.07) is 12.3. The van der Waals surface area contributed by atoms with Crippen LogP contribution in [0.4, 0.5) is 22.7 Å². The van der Waals surface area contributed by atoms with Crippen LogP contribution in [0, 0.1) is 11.3 Å². The molecule has 31 heavy (non-hydrogen) atoms. The molecule has 0 unspecified atom stereocenters. The molecule has 2 aliphatic rings. The van der Waals surface area contributed by atoms with Crippen LogP contribution in [0.2, 0.25) is 0 Å². The molecular weight excluding hydrogens is 388 g/mol. The van der Waals surface area contributed by atoms with Crippen molar-refractivity contribution in [1.82, 2.24) is 0 Å². The van der Waals surface area contributed by atoms with Gasteiger partial charge in [-0.1, -0.05) is 6.07 Å². The minimum Gasteiger partial charge on any atom is -0.404 e. The number of nitriles is 1. The second kappa shape index (κ2) is 8.52. The van der Waals surface area contributed by atoms with E-state index in [2.05, 4.69) is 38.7 Å². The fraction of sp³-hybridized carbons (Fsp3) is 0.292. The number of hydrogen-bond acceptors (Lipinski definition) is 6. The van der Waals surface area contributed by atoms with Crippen LogP contribution in [0.15, 0.2) is 41.5 Å². The predicted octanol–water partition coefficient (Wildman–Crippen LogP) is 3.79. The summed E-state index contributed by atoms with van der Waals surface area (Å²) in [6.45, 7) is 2.83. The monoisotopic (exact) mass is 414 g/mol. The number of amides is 1. The molecule has 2 aromatic carbocycles. The highest BCUT2D eigenvalue weighted by Crippen LogP contribution is 2.43. The average molecular weight is 415 g/mol. The van der Waals surface area contributed by atoms with E-state index in [1.54, 1.807) is 13.3 Å². The maximum atomic E-state index is 12.2. The summed E-state index contributed by atoms with van der Waals surface area (Å²) in [4.78, 5) is 18.5. The summed E-state index contributed by atoms with van der Waals surface area (Å²) in [6.07, 6.45) is 5.48. The maximum absolute atomic E-state index is 12.2. The van der Waals surface area contributed by atoms with Crippen LogP contribution in [0.5, 0.6) is 0 Å². The molecule has 2 heterocycles. The number of para-hydroxylation sites is 1. The highest BCUT2D eigenvalue weighted by Gasteiger charge is 2.26. The fourth-order valence-electron chi connectivity index (χ4n) is 4.35. The highest BCUT2D eigenvalue weighted by atomic mass is 16.1. The Balaban J connectivity index is 1.85. The van der Waals surface area contributed by atoms with Gasteiger partial charge in [-0.2, -0.15) is 5.26 Å². The molecule has 0 saturated carbocycles. The van der Waals surface area contributed by atoms with Crippen molar-refractivity contribution in [3.8, 4) is 6.07 Å². The highest BCUT2D eigenvalue weighted by molar-refractivity contribution is 6.11. The number of benzene rings is 2. The van der Waals surface area contributed by atoms with Crippen molar-refractivity contribution in [2.75, 3.05) is 29.1 Å². The molecule has 0 bridgehead atoms. The molecule has 0 radical (unpaired) electrons. The van der Waals surface area contributed by atoms with Crippen molar-refractivity contribution in [1.29, 1.82) is 5.26 Å². The first-order valence-electron chi connectivity index (χ1n) is 10.4. The number of rotatable bonds is 3. The summed E-state index contributed by atoms with van der Waals surface area (Å²) in [5, 5.41) is 16.4. The number of hydrogen-bond donors (Lipinski definition) is 3. The van der Waals surface area contributed by atoms with Gasteiger partial charge in [-0.05, 0) is 49.6 Å². The molecule has 0 saturated heterocycles. The molecule has 0 aromatic heterocycles. The number of allylic oxidation sites excluding steroid dienone is 1. The molecule has 2 aromatic rings. The Labute approximate surface area is 182 Å². The van der Waals surface area contributed by atoms with Crippen molar-refractivity contribution in [2.24, 2.45) is 10.7 Å². The second-order valence-corrected chi connectivity index (χ2v) is 7.90. The van der Waals surface area contributed by atoms with Gasteiger partial charge < -0.3 is 21.3 Å². The fourth-order valence-corrected chi connectivity index (χ4v) is 4.35. The predicted molar refractivity (Wildman–Crippen MR) is 126 cm³/mol. The van der Waals surface area contributed by atoms with Gasteiger partial charge >= 0.3 is 0 Å². The molecule has 1 amide bonds. The van der Waals surface area contributed by atoms with Gasteiger partial charge in [0.05, 0.1) is 28.7 Å². The summed E-state index contributed by atoms with van der Waals surface area (Å²) in [5.74, 6) is 0.00467. The first-order chi connectivity index (χ1) is 15.0. The molecular formula is C24H26N6O. The molecule has 7 heteroatoms. The van der Waals surface area contributed by atoms with Crippen LogP contribution >= 0.6 is 0 Å². The normalized spacial score (nSPS) is 18.5. The quantitative estimate of drug-likeness (QED) is 0.663. The van der Waals surface area contributed by atoms with Gasteiger partial charge in [0.1, 0.15) is 0 Å². The molecule has 0 aliphatic carbocycles. The van der Waals surface area contributed by atoms with Crippen LogP contribution in [0.25, 0.3) is 5.57 Å². The van der Waals surface area contributed by atoms with E-state index in [1.165, 1.54) is 6.20 Å². The van der Waals surface area contributed by atoms with E-state index in [0.29, 0.717) is 12.0 Å². The van der Waals surface area contributed by atoms with Crippen LogP contribution in [0.1, 0.15) is 36.5 Å². The van der Waals surface area contributed by atoms with Crippen molar-refractivity contribution >= 4 is 40.4 Å². The molecule has 0 spiro atoms. The molecule has 4 rings (SSSR count). The van der Waals surface area contributed by atoms with E-state index < -0.39 is 0 Å². The third-order valence-corrected chi connectivity index (χ3v) is 5.71. The number of nitrogens with one attached hydrogen (secondary N) is 2. The van der Waals surface area contributed by atoms with E-state index in [0.717, 1.165) is 58.8 Å². The smallest absolute Gasteiger partial charge is 0.226 e. The minimum absolute atomic E-state index is 0.00467. The molecule has 7 nitrogen and oxygen atoms in total. The van der Waals surface area contributed by atoms with E-state index >= 15 is 0 Å². The Morgan fingerprint density at radius 3 is 2.94 bits per heavy atom. The maximum Gasteiger partial charge on any atom is 0.226 e. The zero-order valence-electron chi connectivity index (χ0n) is 17.8. The first-order valence-corrected chi connectivity index (χ1v) is 10.4. The Hall–Kier alpha value is -3.79. The van der Waals surface area contributed by atoms with E-state index in [-0.39, 0.29) is 11.9 Å². The van der Waals surface area contributed by atoms with Crippen molar-refractivity contribution in [3.63, 3.8) is 0 Å². The van der Waals surface area contributed by atoms with Gasteiger partial charge in [-0.15, -0.1) is 0 Å². The first kappa shape index (κ1) is 20.5. The van der Waals surface area contributed by atoms with Gasteiger partial charge in [-0.25, -0.2) is 0 Å². The minimum atomic E-state index is 0.00467. The number of aliphatic imine (C=N–C) groups is 1. The Morgan fingerprint density at radius 2 is 2.19 bits per heavy atom. The molecule has 1 atom stereocenters. The SMILES string of the molecule is CN=CC(=CN)c1cc2c(cc1C#N)N(c1cccc3c1N[C@H](C)CC(=O)N3)CCC2. The lowest BCUT2D eigenvalue weighted by molar-refractivity contribution is -0.116. The van der Waals surface area contributed by atoms with Gasteiger partial charge in [-0.3, -0.25) is 9.79 Å². The molecule has 158 valence electrons. The number of nitrogens with zero attached hydrogens (tertiary/aromatic N) is 3. The van der Waals surface area contributed by atoms with Gasteiger partial charge in [0, 0.05) is 55.3 Å². The van der Waals surface area contributed by atoms with Gasteiger partial charge in [0.25, 0.3) is 0 Å². The van der Waals surface area contributed by atoms with E-state index in [1.807, 2.05) is 25.1 Å². The Morgan fingerprint density at radius 1 is 1.35 bits per heavy atom. The topological polar surface area (TPSA) is 107 Å². The van der Waals surface area contributed by atoms with Crippen molar-refractivity contribution in [3.05, 3.63) is 53.2 Å². The lowest BCUT2D eigenvalue weighted by atomic mass is 9.92. The zero-order valence-corrected chi connectivity index (χ0v) is 17.8. The molecule has 2 aliphatic heterocycles. The number of nitrogens with two attached hydrogens (primary N) is 1. The van der Waals surface area contributed by atoms with Crippen LogP contribution in [-0.2, 0) is 11.2 Å². The number of carbonyl (C=O) groups is 1. The summed E-state index contributed by atoms with van der Waals surface area (Å²) >= 11 is 0. The van der Waals surface area contributed by atoms with Crippen LogP contribution in [-0.4, -0.2) is 31.8 Å². The van der Waals surface area contributed by atoms with Gasteiger partial charge in [0.15, 0.2) is 0 Å². The molecule has 4 N–H and O–H groups in total.